The van der Waals surface area contributed by atoms with Crippen molar-refractivity contribution in [2.24, 2.45) is 17.1 Å². The van der Waals surface area contributed by atoms with Crippen molar-refractivity contribution in [1.82, 2.24) is 5.32 Å². The number of carbonyl (C=O) groups is 1. The quantitative estimate of drug-likeness (QED) is 0.769. The van der Waals surface area contributed by atoms with Crippen LogP contribution in [0.1, 0.15) is 70.6 Å². The maximum absolute atomic E-state index is 12.6. The van der Waals surface area contributed by atoms with Gasteiger partial charge in [-0.05, 0) is 31.6 Å². The van der Waals surface area contributed by atoms with Crippen molar-refractivity contribution in [3.05, 3.63) is 0 Å². The molecule has 0 atom stereocenters. The second-order valence-corrected chi connectivity index (χ2v) is 6.61. The minimum atomic E-state index is -0.259. The number of carbonyl (C=O) groups excluding carboxylic acids is 1. The van der Waals surface area contributed by atoms with Crippen molar-refractivity contribution in [3.8, 4) is 0 Å². The van der Waals surface area contributed by atoms with Gasteiger partial charge in [0.15, 0.2) is 0 Å². The van der Waals surface area contributed by atoms with E-state index in [1.165, 1.54) is 44.9 Å². The van der Waals surface area contributed by atoms with Gasteiger partial charge in [0.1, 0.15) is 0 Å². The van der Waals surface area contributed by atoms with Gasteiger partial charge < -0.3 is 11.1 Å². The Hall–Kier alpha value is -0.570. The summed E-state index contributed by atoms with van der Waals surface area (Å²) in [6.45, 7) is 1.39. The summed E-state index contributed by atoms with van der Waals surface area (Å²) in [7, 11) is 0. The summed E-state index contributed by atoms with van der Waals surface area (Å²) in [5.41, 5.74) is 5.70. The summed E-state index contributed by atoms with van der Waals surface area (Å²) >= 11 is 0. The standard InChI is InChI=1S/C16H30N2O/c17-13-16(10-6-1-2-7-11-16)15(19)18-12-14-8-4-3-5-9-14/h14H,1-13,17H2,(H,18,19). The Labute approximate surface area is 117 Å². The van der Waals surface area contributed by atoms with Crippen molar-refractivity contribution < 1.29 is 4.79 Å². The van der Waals surface area contributed by atoms with Crippen LogP contribution in [-0.4, -0.2) is 19.0 Å². The zero-order valence-electron chi connectivity index (χ0n) is 12.3. The maximum Gasteiger partial charge on any atom is 0.227 e. The monoisotopic (exact) mass is 266 g/mol. The zero-order chi connectivity index (χ0) is 13.6. The van der Waals surface area contributed by atoms with Crippen LogP contribution in [0.15, 0.2) is 0 Å². The maximum atomic E-state index is 12.6. The summed E-state index contributed by atoms with van der Waals surface area (Å²) < 4.78 is 0. The third-order valence-electron chi connectivity index (χ3n) is 5.21. The molecule has 0 aromatic rings. The Balaban J connectivity index is 1.84. The molecule has 0 saturated heterocycles. The number of amides is 1. The fraction of sp³-hybridized carbons (Fsp3) is 0.938. The van der Waals surface area contributed by atoms with Crippen LogP contribution in [-0.2, 0) is 4.79 Å². The first-order chi connectivity index (χ1) is 9.27. The second-order valence-electron chi connectivity index (χ2n) is 6.61. The normalized spacial score (nSPS) is 24.7. The number of rotatable bonds is 4. The van der Waals surface area contributed by atoms with Crippen molar-refractivity contribution in [3.63, 3.8) is 0 Å². The van der Waals surface area contributed by atoms with Crippen LogP contribution in [0.4, 0.5) is 0 Å². The molecule has 0 radical (unpaired) electrons. The average Bonchev–Trinajstić information content (AvgIpc) is 2.72. The number of hydrogen-bond acceptors (Lipinski definition) is 2. The summed E-state index contributed by atoms with van der Waals surface area (Å²) in [6, 6.07) is 0. The highest BCUT2D eigenvalue weighted by Gasteiger charge is 2.37. The molecular formula is C16H30N2O. The first kappa shape index (κ1) is 14.8. The number of nitrogens with two attached hydrogens (primary N) is 1. The van der Waals surface area contributed by atoms with E-state index in [2.05, 4.69) is 5.32 Å². The van der Waals surface area contributed by atoms with Gasteiger partial charge in [-0.15, -0.1) is 0 Å². The van der Waals surface area contributed by atoms with Crippen LogP contribution in [0.3, 0.4) is 0 Å². The van der Waals surface area contributed by atoms with Crippen molar-refractivity contribution >= 4 is 5.91 Å². The molecule has 0 aliphatic heterocycles. The highest BCUT2D eigenvalue weighted by Crippen LogP contribution is 2.34. The van der Waals surface area contributed by atoms with E-state index in [9.17, 15) is 4.79 Å². The Morgan fingerprint density at radius 1 is 1.00 bits per heavy atom. The first-order valence-corrected chi connectivity index (χ1v) is 8.25. The van der Waals surface area contributed by atoms with Gasteiger partial charge in [0, 0.05) is 13.1 Å². The molecule has 3 heteroatoms. The molecule has 2 aliphatic rings. The van der Waals surface area contributed by atoms with E-state index in [-0.39, 0.29) is 11.3 Å². The van der Waals surface area contributed by atoms with Crippen molar-refractivity contribution in [2.75, 3.05) is 13.1 Å². The predicted octanol–water partition coefficient (Wildman–Crippen LogP) is 2.98. The molecule has 2 fully saturated rings. The predicted molar refractivity (Wildman–Crippen MR) is 78.8 cm³/mol. The topological polar surface area (TPSA) is 55.1 Å². The fourth-order valence-corrected chi connectivity index (χ4v) is 3.75. The molecule has 2 rings (SSSR count). The van der Waals surface area contributed by atoms with Crippen LogP contribution in [0.25, 0.3) is 0 Å². The molecule has 2 saturated carbocycles. The van der Waals surface area contributed by atoms with Gasteiger partial charge in [0.05, 0.1) is 5.41 Å². The molecule has 0 spiro atoms. The zero-order valence-corrected chi connectivity index (χ0v) is 12.3. The lowest BCUT2D eigenvalue weighted by atomic mass is 9.79. The van der Waals surface area contributed by atoms with Gasteiger partial charge in [0.2, 0.25) is 5.91 Å². The first-order valence-electron chi connectivity index (χ1n) is 8.25. The van der Waals surface area contributed by atoms with Gasteiger partial charge in [-0.3, -0.25) is 4.79 Å². The molecule has 3 N–H and O–H groups in total. The van der Waals surface area contributed by atoms with E-state index in [1.54, 1.807) is 0 Å². The highest BCUT2D eigenvalue weighted by molar-refractivity contribution is 5.82. The van der Waals surface area contributed by atoms with Crippen molar-refractivity contribution in [2.45, 2.75) is 70.6 Å². The van der Waals surface area contributed by atoms with Crippen LogP contribution in [0.5, 0.6) is 0 Å². The Morgan fingerprint density at radius 2 is 1.58 bits per heavy atom. The van der Waals surface area contributed by atoms with Gasteiger partial charge in [0.25, 0.3) is 0 Å². The Kier molecular flexibility index (Phi) is 5.68. The summed E-state index contributed by atoms with van der Waals surface area (Å²) in [5, 5.41) is 3.22. The molecule has 0 bridgehead atoms. The Bertz CT molecular complexity index is 276. The fourth-order valence-electron chi connectivity index (χ4n) is 3.75. The van der Waals surface area contributed by atoms with Crippen molar-refractivity contribution in [1.29, 1.82) is 0 Å². The summed E-state index contributed by atoms with van der Waals surface area (Å²) in [5.74, 6) is 0.945. The SMILES string of the molecule is NCC1(C(=O)NCC2CCCCC2)CCCCCC1. The van der Waals surface area contributed by atoms with E-state index < -0.39 is 0 Å². The smallest absolute Gasteiger partial charge is 0.227 e. The second kappa shape index (κ2) is 7.28. The molecule has 110 valence electrons. The average molecular weight is 266 g/mol. The van der Waals surface area contributed by atoms with Crippen LogP contribution >= 0.6 is 0 Å². The summed E-state index contributed by atoms with van der Waals surface area (Å²) in [6.07, 6.45) is 13.4. The lowest BCUT2D eigenvalue weighted by Crippen LogP contribution is -2.47. The van der Waals surface area contributed by atoms with Crippen LogP contribution in [0, 0.1) is 11.3 Å². The lowest BCUT2D eigenvalue weighted by Gasteiger charge is -2.31. The molecule has 2 aliphatic carbocycles. The molecule has 0 aromatic carbocycles. The molecular weight excluding hydrogens is 236 g/mol. The largest absolute Gasteiger partial charge is 0.355 e. The molecule has 0 aromatic heterocycles. The lowest BCUT2D eigenvalue weighted by molar-refractivity contribution is -0.131. The third kappa shape index (κ3) is 3.95. The van der Waals surface area contributed by atoms with E-state index in [0.717, 1.165) is 32.2 Å². The number of nitrogens with one attached hydrogen (secondary N) is 1. The minimum Gasteiger partial charge on any atom is -0.355 e. The van der Waals surface area contributed by atoms with E-state index in [1.807, 2.05) is 0 Å². The van der Waals surface area contributed by atoms with E-state index in [4.69, 9.17) is 5.73 Å². The summed E-state index contributed by atoms with van der Waals surface area (Å²) in [4.78, 5) is 12.6. The van der Waals surface area contributed by atoms with Gasteiger partial charge in [-0.2, -0.15) is 0 Å². The van der Waals surface area contributed by atoms with Gasteiger partial charge in [-0.1, -0.05) is 44.9 Å². The van der Waals surface area contributed by atoms with E-state index in [0.29, 0.717) is 12.5 Å². The van der Waals surface area contributed by atoms with E-state index >= 15 is 0 Å². The molecule has 0 unspecified atom stereocenters. The van der Waals surface area contributed by atoms with Crippen LogP contribution < -0.4 is 11.1 Å². The molecule has 19 heavy (non-hydrogen) atoms. The molecule has 0 heterocycles. The Morgan fingerprint density at radius 3 is 2.16 bits per heavy atom. The number of hydrogen-bond donors (Lipinski definition) is 2. The minimum absolute atomic E-state index is 0.238. The van der Waals surface area contributed by atoms with Gasteiger partial charge >= 0.3 is 0 Å². The third-order valence-corrected chi connectivity index (χ3v) is 5.21. The van der Waals surface area contributed by atoms with Gasteiger partial charge in [-0.25, -0.2) is 0 Å². The molecule has 3 nitrogen and oxygen atoms in total. The molecule has 1 amide bonds. The highest BCUT2D eigenvalue weighted by atomic mass is 16.2. The van der Waals surface area contributed by atoms with Crippen LogP contribution in [0.2, 0.25) is 0 Å².